The summed E-state index contributed by atoms with van der Waals surface area (Å²) in [6, 6.07) is 0. The predicted molar refractivity (Wildman–Crippen MR) is 181 cm³/mol. The zero-order valence-corrected chi connectivity index (χ0v) is 29.4. The zero-order chi connectivity index (χ0) is 34.2. The Balaban J connectivity index is 1.37. The third-order valence-corrected chi connectivity index (χ3v) is 9.68. The number of phosphoric acid groups is 1. The lowest BCUT2D eigenvalue weighted by Crippen LogP contribution is -2.39. The van der Waals surface area contributed by atoms with Crippen LogP contribution < -0.4 is 5.32 Å². The molecule has 0 saturated heterocycles. The molecule has 11 nitrogen and oxygen atoms in total. The molecule has 1 unspecified atom stereocenters. The second-order valence-corrected chi connectivity index (χ2v) is 14.1. The van der Waals surface area contributed by atoms with Gasteiger partial charge in [0.15, 0.2) is 0 Å². The van der Waals surface area contributed by atoms with E-state index in [4.69, 9.17) is 13.8 Å². The summed E-state index contributed by atoms with van der Waals surface area (Å²) in [6.45, 7) is 2.49. The van der Waals surface area contributed by atoms with Crippen LogP contribution in [0.2, 0.25) is 0 Å². The van der Waals surface area contributed by atoms with Crippen molar-refractivity contribution in [2.45, 2.75) is 129 Å². The maximum Gasteiger partial charge on any atom is 0.472 e. The Morgan fingerprint density at radius 3 is 2.04 bits per heavy atom. The minimum Gasteiger partial charge on any atom is -0.466 e. The van der Waals surface area contributed by atoms with Crippen molar-refractivity contribution < 1.29 is 42.4 Å². The molecule has 2 N–H and O–H groups in total. The number of esters is 1. The smallest absolute Gasteiger partial charge is 0.466 e. The van der Waals surface area contributed by atoms with Crippen molar-refractivity contribution >= 4 is 31.5 Å². The van der Waals surface area contributed by atoms with Crippen molar-refractivity contribution in [3.63, 3.8) is 0 Å². The predicted octanol–water partition coefficient (Wildman–Crippen LogP) is 6.94. The molecular formula is C35H59N2O9P. The Bertz CT molecular complexity index is 1020. The van der Waals surface area contributed by atoms with E-state index in [1.807, 2.05) is 0 Å². The number of phosphoric ester groups is 1. The van der Waals surface area contributed by atoms with Gasteiger partial charge in [-0.2, -0.15) is 0 Å². The summed E-state index contributed by atoms with van der Waals surface area (Å²) in [4.78, 5) is 59.0. The van der Waals surface area contributed by atoms with Crippen molar-refractivity contribution in [1.29, 1.82) is 0 Å². The minimum atomic E-state index is -4.29. The van der Waals surface area contributed by atoms with Gasteiger partial charge in [-0.05, 0) is 63.7 Å². The summed E-state index contributed by atoms with van der Waals surface area (Å²) in [5, 5.41) is 2.72. The van der Waals surface area contributed by atoms with Gasteiger partial charge in [0, 0.05) is 44.0 Å². The van der Waals surface area contributed by atoms with Crippen LogP contribution in [0, 0.1) is 11.8 Å². The third-order valence-electron chi connectivity index (χ3n) is 8.66. The molecule has 0 aromatic heterocycles. The van der Waals surface area contributed by atoms with Gasteiger partial charge in [-0.1, -0.05) is 70.4 Å². The van der Waals surface area contributed by atoms with Crippen molar-refractivity contribution in [2.24, 2.45) is 11.8 Å². The highest BCUT2D eigenvalue weighted by Gasteiger charge is 2.31. The molecule has 47 heavy (non-hydrogen) atoms. The summed E-state index contributed by atoms with van der Waals surface area (Å²) in [5.41, 5.74) is 0. The van der Waals surface area contributed by atoms with Crippen LogP contribution in [0.15, 0.2) is 24.3 Å². The van der Waals surface area contributed by atoms with Crippen LogP contribution in [0.1, 0.15) is 129 Å². The molecule has 3 amide bonds. The van der Waals surface area contributed by atoms with Gasteiger partial charge in [-0.15, -0.1) is 0 Å². The molecule has 0 bridgehead atoms. The maximum absolute atomic E-state index is 12.5. The van der Waals surface area contributed by atoms with Crippen molar-refractivity contribution in [1.82, 2.24) is 10.2 Å². The first-order chi connectivity index (χ1) is 22.7. The number of carbonyl (C=O) groups is 4. The van der Waals surface area contributed by atoms with Crippen LogP contribution >= 0.6 is 7.82 Å². The number of hydrogen-bond donors (Lipinski definition) is 2. The molecule has 0 spiro atoms. The zero-order valence-electron chi connectivity index (χ0n) is 28.5. The Labute approximate surface area is 281 Å². The fourth-order valence-corrected chi connectivity index (χ4v) is 6.59. The molecule has 1 atom stereocenters. The first kappa shape index (κ1) is 40.8. The van der Waals surface area contributed by atoms with Crippen molar-refractivity contribution in [2.75, 3.05) is 32.9 Å². The van der Waals surface area contributed by atoms with Gasteiger partial charge >= 0.3 is 13.8 Å². The lowest BCUT2D eigenvalue weighted by Gasteiger charge is -2.30. The molecule has 1 heterocycles. The van der Waals surface area contributed by atoms with Gasteiger partial charge in [0.25, 0.3) is 11.8 Å². The number of nitrogens with zero attached hydrogens (tertiary/aromatic N) is 1. The molecule has 2 rings (SSSR count). The number of unbranched alkanes of at least 4 members (excludes halogenated alkanes) is 11. The lowest BCUT2D eigenvalue weighted by atomic mass is 9.81. The fraction of sp³-hybridized carbons (Fsp3) is 0.771. The van der Waals surface area contributed by atoms with E-state index in [1.165, 1.54) is 68.4 Å². The maximum atomic E-state index is 12.5. The third kappa shape index (κ3) is 19.3. The lowest BCUT2D eigenvalue weighted by molar-refractivity contribution is -0.144. The van der Waals surface area contributed by atoms with E-state index in [0.717, 1.165) is 44.9 Å². The highest BCUT2D eigenvalue weighted by molar-refractivity contribution is 7.47. The van der Waals surface area contributed by atoms with E-state index in [-0.39, 0.29) is 68.3 Å². The highest BCUT2D eigenvalue weighted by Crippen LogP contribution is 2.42. The number of carbonyl (C=O) groups excluding carboxylic acids is 4. The molecule has 0 aromatic rings. The van der Waals surface area contributed by atoms with E-state index >= 15 is 0 Å². The molecule has 1 aliphatic heterocycles. The highest BCUT2D eigenvalue weighted by atomic mass is 31.2. The summed E-state index contributed by atoms with van der Waals surface area (Å²) in [6.07, 6.45) is 26.1. The number of amides is 3. The van der Waals surface area contributed by atoms with Gasteiger partial charge in [0.1, 0.15) is 0 Å². The van der Waals surface area contributed by atoms with E-state index in [9.17, 15) is 28.6 Å². The second-order valence-electron chi connectivity index (χ2n) is 12.7. The van der Waals surface area contributed by atoms with Gasteiger partial charge < -0.3 is 14.9 Å². The molecule has 268 valence electrons. The quantitative estimate of drug-likeness (QED) is 0.0309. The van der Waals surface area contributed by atoms with E-state index in [0.29, 0.717) is 25.8 Å². The SMILES string of the molecule is CCCCCCCC/C=C\CCCCCCCC(=O)OCCCOP(=O)(O)OCCNC(=O)C1CCC(CN2C(=O)C=CC2=O)CC1. The molecule has 12 heteroatoms. The number of ether oxygens (including phenoxy) is 1. The minimum absolute atomic E-state index is 0.0586. The summed E-state index contributed by atoms with van der Waals surface area (Å²) < 4.78 is 27.1. The monoisotopic (exact) mass is 682 g/mol. The molecule has 0 radical (unpaired) electrons. The largest absolute Gasteiger partial charge is 0.472 e. The molecule has 2 aliphatic rings. The van der Waals surface area contributed by atoms with Crippen LogP contribution in [0.25, 0.3) is 0 Å². The van der Waals surface area contributed by atoms with Gasteiger partial charge in [0.05, 0.1) is 19.8 Å². The molecule has 1 aliphatic carbocycles. The summed E-state index contributed by atoms with van der Waals surface area (Å²) in [5.74, 6) is -1.02. The number of allylic oxidation sites excluding steroid dienone is 2. The van der Waals surface area contributed by atoms with Crippen molar-refractivity contribution in [3.8, 4) is 0 Å². The Morgan fingerprint density at radius 1 is 0.830 bits per heavy atom. The number of rotatable bonds is 27. The Hall–Kier alpha value is -2.33. The van der Waals surface area contributed by atoms with E-state index in [2.05, 4.69) is 24.4 Å². The average molecular weight is 683 g/mol. The van der Waals surface area contributed by atoms with Crippen molar-refractivity contribution in [3.05, 3.63) is 24.3 Å². The topological polar surface area (TPSA) is 149 Å². The average Bonchev–Trinajstić information content (AvgIpc) is 3.37. The molecule has 0 aromatic carbocycles. The normalized spacial score (nSPS) is 19.4. The summed E-state index contributed by atoms with van der Waals surface area (Å²) >= 11 is 0. The summed E-state index contributed by atoms with van der Waals surface area (Å²) in [7, 11) is -4.29. The Kier molecular flexibility index (Phi) is 21.5. The fourth-order valence-electron chi connectivity index (χ4n) is 5.83. The number of imide groups is 1. The number of nitrogens with one attached hydrogen (secondary N) is 1. The van der Waals surface area contributed by atoms with Crippen LogP contribution in [0.3, 0.4) is 0 Å². The molecular weight excluding hydrogens is 623 g/mol. The molecule has 1 fully saturated rings. The first-order valence-corrected chi connectivity index (χ1v) is 19.4. The standard InChI is InChI=1S/C35H59N2O9P/c1-2-3-4-5-6-7-8-9-10-11-12-13-14-15-16-18-34(40)44-26-17-27-45-47(42,43)46-28-25-36-35(41)31-21-19-30(20-22-31)29-37-32(38)23-24-33(37)39/h9-10,23-24,30-31H,2-8,11-22,25-29H2,1H3,(H,36,41)(H,42,43)/b10-9-. The van der Waals surface area contributed by atoms with Gasteiger partial charge in [-0.3, -0.25) is 33.1 Å². The van der Waals surface area contributed by atoms with Crippen LogP contribution in [0.5, 0.6) is 0 Å². The van der Waals surface area contributed by atoms with Gasteiger partial charge in [0.2, 0.25) is 5.91 Å². The number of hydrogen-bond acceptors (Lipinski definition) is 8. The first-order valence-electron chi connectivity index (χ1n) is 18.0. The van der Waals surface area contributed by atoms with Crippen LogP contribution in [0.4, 0.5) is 0 Å². The molecule has 1 saturated carbocycles. The Morgan fingerprint density at radius 2 is 1.40 bits per heavy atom. The van der Waals surface area contributed by atoms with Crippen LogP contribution in [-0.2, 0) is 37.5 Å². The van der Waals surface area contributed by atoms with Gasteiger partial charge in [-0.25, -0.2) is 4.57 Å². The van der Waals surface area contributed by atoms with E-state index in [1.54, 1.807) is 0 Å². The second kappa shape index (κ2) is 24.8. The van der Waals surface area contributed by atoms with Crippen LogP contribution in [-0.4, -0.2) is 66.4 Å². The van der Waals surface area contributed by atoms with E-state index < -0.39 is 7.82 Å².